The molecule has 0 aliphatic carbocycles. The Morgan fingerprint density at radius 3 is 2.19 bits per heavy atom. The Kier molecular flexibility index (Phi) is 6.05. The number of carboxylic acids is 1. The molecule has 0 heterocycles. The second-order valence-corrected chi connectivity index (χ2v) is 8.23. The summed E-state index contributed by atoms with van der Waals surface area (Å²) in [5, 5.41) is 8.92. The molecule has 0 amide bonds. The van der Waals surface area contributed by atoms with Crippen molar-refractivity contribution in [1.29, 1.82) is 0 Å². The van der Waals surface area contributed by atoms with Crippen LogP contribution in [0.5, 0.6) is 5.75 Å². The van der Waals surface area contributed by atoms with E-state index in [2.05, 4.69) is 0 Å². The standard InChI is InChI=1S/C17H17Cl2NO5S/c1-10-6-11(2)8-12(7-10)20(9-15(21)22)26(23,24)14-5-4-13(25-3)16(18)17(14)19/h4-8H,9H2,1-3H3,(H,21,22). The predicted molar refractivity (Wildman–Crippen MR) is 101 cm³/mol. The van der Waals surface area contributed by atoms with Gasteiger partial charge in [0.05, 0.1) is 17.8 Å². The third-order valence-corrected chi connectivity index (χ3v) is 6.37. The molecule has 2 aromatic carbocycles. The third kappa shape index (κ3) is 4.06. The average Bonchev–Trinajstić information content (AvgIpc) is 2.53. The number of hydrogen-bond acceptors (Lipinski definition) is 4. The Labute approximate surface area is 162 Å². The topological polar surface area (TPSA) is 83.9 Å². The van der Waals surface area contributed by atoms with Gasteiger partial charge >= 0.3 is 5.97 Å². The molecule has 0 atom stereocenters. The van der Waals surface area contributed by atoms with E-state index in [0.717, 1.165) is 15.4 Å². The van der Waals surface area contributed by atoms with Crippen LogP contribution in [-0.2, 0) is 14.8 Å². The van der Waals surface area contributed by atoms with Gasteiger partial charge in [-0.2, -0.15) is 0 Å². The maximum Gasteiger partial charge on any atom is 0.324 e. The average molecular weight is 418 g/mol. The van der Waals surface area contributed by atoms with Crippen molar-refractivity contribution < 1.29 is 23.1 Å². The van der Waals surface area contributed by atoms with E-state index in [1.54, 1.807) is 26.0 Å². The van der Waals surface area contributed by atoms with Gasteiger partial charge in [-0.05, 0) is 49.2 Å². The number of carboxylic acid groups (broad SMARTS) is 1. The van der Waals surface area contributed by atoms with E-state index in [1.165, 1.54) is 19.2 Å². The van der Waals surface area contributed by atoms with Crippen LogP contribution in [0.25, 0.3) is 0 Å². The molecule has 9 heteroatoms. The van der Waals surface area contributed by atoms with Gasteiger partial charge in [-0.25, -0.2) is 8.42 Å². The van der Waals surface area contributed by atoms with Crippen LogP contribution < -0.4 is 9.04 Å². The molecule has 0 radical (unpaired) electrons. The molecule has 2 rings (SSSR count). The van der Waals surface area contributed by atoms with Crippen LogP contribution in [0.4, 0.5) is 5.69 Å². The fourth-order valence-electron chi connectivity index (χ4n) is 2.52. The van der Waals surface area contributed by atoms with Crippen molar-refractivity contribution in [2.24, 2.45) is 0 Å². The normalized spacial score (nSPS) is 11.3. The van der Waals surface area contributed by atoms with Gasteiger partial charge in [0, 0.05) is 0 Å². The summed E-state index contributed by atoms with van der Waals surface area (Å²) in [6.45, 7) is 2.82. The van der Waals surface area contributed by atoms with Gasteiger partial charge in [0.1, 0.15) is 22.2 Å². The SMILES string of the molecule is COc1ccc(S(=O)(=O)N(CC(=O)O)c2cc(C)cc(C)c2)c(Cl)c1Cl. The first-order valence-electron chi connectivity index (χ1n) is 7.42. The minimum Gasteiger partial charge on any atom is -0.495 e. The lowest BCUT2D eigenvalue weighted by atomic mass is 10.1. The largest absolute Gasteiger partial charge is 0.495 e. The lowest BCUT2D eigenvalue weighted by Crippen LogP contribution is -2.36. The first-order valence-corrected chi connectivity index (χ1v) is 9.62. The molecule has 0 aromatic heterocycles. The number of carbonyl (C=O) groups is 1. The van der Waals surface area contributed by atoms with E-state index in [9.17, 15) is 18.3 Å². The van der Waals surface area contributed by atoms with Crippen molar-refractivity contribution >= 4 is 44.9 Å². The van der Waals surface area contributed by atoms with E-state index in [0.29, 0.717) is 0 Å². The van der Waals surface area contributed by atoms with E-state index >= 15 is 0 Å². The number of methoxy groups -OCH3 is 1. The van der Waals surface area contributed by atoms with Gasteiger partial charge in [0.15, 0.2) is 0 Å². The van der Waals surface area contributed by atoms with Gasteiger partial charge in [-0.15, -0.1) is 0 Å². The zero-order valence-corrected chi connectivity index (χ0v) is 16.6. The molecular formula is C17H17Cl2NO5S. The zero-order valence-electron chi connectivity index (χ0n) is 14.3. The van der Waals surface area contributed by atoms with Gasteiger partial charge in [0.2, 0.25) is 0 Å². The molecule has 6 nitrogen and oxygen atoms in total. The Morgan fingerprint density at radius 1 is 1.12 bits per heavy atom. The Bertz CT molecular complexity index is 940. The Morgan fingerprint density at radius 2 is 1.69 bits per heavy atom. The minimum atomic E-state index is -4.28. The lowest BCUT2D eigenvalue weighted by Gasteiger charge is -2.24. The van der Waals surface area contributed by atoms with Crippen molar-refractivity contribution in [2.45, 2.75) is 18.7 Å². The summed E-state index contributed by atoms with van der Waals surface area (Å²) < 4.78 is 32.1. The molecule has 0 saturated heterocycles. The zero-order chi connectivity index (χ0) is 19.6. The lowest BCUT2D eigenvalue weighted by molar-refractivity contribution is -0.135. The van der Waals surface area contributed by atoms with Crippen molar-refractivity contribution in [3.8, 4) is 5.75 Å². The summed E-state index contributed by atoms with van der Waals surface area (Å²) in [6, 6.07) is 7.63. The molecule has 140 valence electrons. The van der Waals surface area contributed by atoms with Crippen LogP contribution in [0, 0.1) is 13.8 Å². The number of aryl methyl sites for hydroxylation is 2. The maximum atomic E-state index is 13.1. The molecule has 0 saturated carbocycles. The van der Waals surface area contributed by atoms with Gasteiger partial charge in [-0.3, -0.25) is 9.10 Å². The number of nitrogens with zero attached hydrogens (tertiary/aromatic N) is 1. The third-order valence-electron chi connectivity index (χ3n) is 3.57. The van der Waals surface area contributed by atoms with Crippen LogP contribution in [0.1, 0.15) is 11.1 Å². The quantitative estimate of drug-likeness (QED) is 0.770. The van der Waals surface area contributed by atoms with Crippen molar-refractivity contribution in [1.82, 2.24) is 0 Å². The van der Waals surface area contributed by atoms with Gasteiger partial charge in [-0.1, -0.05) is 29.3 Å². The predicted octanol–water partition coefficient (Wildman–Crippen LogP) is 3.90. The highest BCUT2D eigenvalue weighted by atomic mass is 35.5. The van der Waals surface area contributed by atoms with Gasteiger partial charge < -0.3 is 9.84 Å². The number of anilines is 1. The van der Waals surface area contributed by atoms with Crippen LogP contribution in [0.2, 0.25) is 10.0 Å². The highest BCUT2D eigenvalue weighted by molar-refractivity contribution is 7.93. The summed E-state index contributed by atoms with van der Waals surface area (Å²) in [4.78, 5) is 11.0. The molecule has 1 N–H and O–H groups in total. The van der Waals surface area contributed by atoms with E-state index < -0.39 is 22.5 Å². The monoisotopic (exact) mass is 417 g/mol. The van der Waals surface area contributed by atoms with Crippen molar-refractivity contribution in [3.05, 3.63) is 51.5 Å². The van der Waals surface area contributed by atoms with E-state index in [4.69, 9.17) is 27.9 Å². The smallest absolute Gasteiger partial charge is 0.324 e. The number of halogens is 2. The number of rotatable bonds is 6. The molecule has 0 fully saturated rings. The van der Waals surface area contributed by atoms with Crippen LogP contribution in [0.15, 0.2) is 35.2 Å². The molecule has 0 unspecified atom stereocenters. The van der Waals surface area contributed by atoms with Crippen LogP contribution in [-0.4, -0.2) is 33.1 Å². The second-order valence-electron chi connectivity index (χ2n) is 5.65. The highest BCUT2D eigenvalue weighted by Gasteiger charge is 2.31. The fraction of sp³-hybridized carbons (Fsp3) is 0.235. The summed E-state index contributed by atoms with van der Waals surface area (Å²) in [6.07, 6.45) is 0. The second kappa shape index (κ2) is 7.73. The first kappa shape index (κ1) is 20.4. The Hall–Kier alpha value is -1.96. The van der Waals surface area contributed by atoms with Gasteiger partial charge in [0.25, 0.3) is 10.0 Å². The van der Waals surface area contributed by atoms with Crippen LogP contribution in [0.3, 0.4) is 0 Å². The Balaban J connectivity index is 2.67. The highest BCUT2D eigenvalue weighted by Crippen LogP contribution is 2.38. The molecular weight excluding hydrogens is 401 g/mol. The summed E-state index contributed by atoms with van der Waals surface area (Å²) >= 11 is 12.2. The summed E-state index contributed by atoms with van der Waals surface area (Å²) in [5.74, 6) is -1.09. The van der Waals surface area contributed by atoms with Crippen molar-refractivity contribution in [3.63, 3.8) is 0 Å². The van der Waals surface area contributed by atoms with Crippen molar-refractivity contribution in [2.75, 3.05) is 18.0 Å². The number of aliphatic carboxylic acids is 1. The molecule has 0 bridgehead atoms. The molecule has 2 aromatic rings. The van der Waals surface area contributed by atoms with Crippen LogP contribution >= 0.6 is 23.2 Å². The minimum absolute atomic E-state index is 0.0639. The molecule has 0 aliphatic rings. The van der Waals surface area contributed by atoms with E-state index in [1.807, 2.05) is 6.07 Å². The number of sulfonamides is 1. The fourth-order valence-corrected chi connectivity index (χ4v) is 4.74. The summed E-state index contributed by atoms with van der Waals surface area (Å²) in [7, 11) is -2.91. The first-order chi connectivity index (χ1) is 12.1. The summed E-state index contributed by atoms with van der Waals surface area (Å²) in [5.41, 5.74) is 1.82. The van der Waals surface area contributed by atoms with E-state index in [-0.39, 0.29) is 26.4 Å². The number of hydrogen-bond donors (Lipinski definition) is 1. The molecule has 0 spiro atoms. The molecule has 0 aliphatic heterocycles. The number of benzene rings is 2. The maximum absolute atomic E-state index is 13.1. The molecule has 26 heavy (non-hydrogen) atoms. The number of ether oxygens (including phenoxy) is 1.